The van der Waals surface area contributed by atoms with Crippen molar-refractivity contribution in [2.75, 3.05) is 6.61 Å². The monoisotopic (exact) mass is 452 g/mol. The highest BCUT2D eigenvalue weighted by molar-refractivity contribution is 6.01. The predicted molar refractivity (Wildman–Crippen MR) is 130 cm³/mol. The second-order valence-corrected chi connectivity index (χ2v) is 7.50. The van der Waals surface area contributed by atoms with Gasteiger partial charge in [0.1, 0.15) is 24.0 Å². The van der Waals surface area contributed by atoms with Gasteiger partial charge >= 0.3 is 0 Å². The highest BCUT2D eigenvalue weighted by Crippen LogP contribution is 2.31. The molecule has 0 aliphatic heterocycles. The van der Waals surface area contributed by atoms with Crippen LogP contribution in [0.4, 0.5) is 0 Å². The second kappa shape index (κ2) is 10.9. The number of nitrogens with zero attached hydrogens (tertiary/aromatic N) is 1. The van der Waals surface area contributed by atoms with Crippen molar-refractivity contribution in [3.8, 4) is 17.6 Å². The van der Waals surface area contributed by atoms with Gasteiger partial charge in [-0.25, -0.2) is 0 Å². The molecule has 1 aromatic heterocycles. The zero-order chi connectivity index (χ0) is 23.8. The topological polar surface area (TPSA) is 84.5 Å². The van der Waals surface area contributed by atoms with Crippen molar-refractivity contribution < 1.29 is 18.7 Å². The van der Waals surface area contributed by atoms with Crippen LogP contribution in [-0.2, 0) is 17.9 Å². The predicted octanol–water partition coefficient (Wildman–Crippen LogP) is 5.63. The number of hydrogen-bond acceptors (Lipinski definition) is 5. The molecule has 6 nitrogen and oxygen atoms in total. The highest BCUT2D eigenvalue weighted by Gasteiger charge is 2.12. The van der Waals surface area contributed by atoms with Crippen LogP contribution in [0.2, 0.25) is 0 Å². The lowest BCUT2D eigenvalue weighted by molar-refractivity contribution is -0.117. The van der Waals surface area contributed by atoms with Crippen molar-refractivity contribution >= 4 is 22.8 Å². The van der Waals surface area contributed by atoms with E-state index in [-0.39, 0.29) is 12.1 Å². The minimum Gasteiger partial charge on any atom is -0.490 e. The number of benzene rings is 3. The van der Waals surface area contributed by atoms with Crippen LogP contribution in [0, 0.1) is 11.3 Å². The summed E-state index contributed by atoms with van der Waals surface area (Å²) in [5, 5.41) is 14.5. The van der Waals surface area contributed by atoms with E-state index in [0.717, 1.165) is 16.3 Å². The van der Waals surface area contributed by atoms with E-state index in [4.69, 9.17) is 13.9 Å². The van der Waals surface area contributed by atoms with Gasteiger partial charge in [-0.3, -0.25) is 4.79 Å². The number of fused-ring (bicyclic) bond motifs is 1. The Bertz CT molecular complexity index is 1350. The Morgan fingerprint density at radius 3 is 2.68 bits per heavy atom. The molecule has 1 N–H and O–H groups in total. The lowest BCUT2D eigenvalue weighted by Gasteiger charge is -2.14. The lowest BCUT2D eigenvalue weighted by Crippen LogP contribution is -2.23. The largest absolute Gasteiger partial charge is 0.490 e. The second-order valence-electron chi connectivity index (χ2n) is 7.50. The van der Waals surface area contributed by atoms with E-state index in [1.165, 1.54) is 12.3 Å². The molecule has 0 spiro atoms. The zero-order valence-electron chi connectivity index (χ0n) is 18.8. The third-order valence-electron chi connectivity index (χ3n) is 5.21. The van der Waals surface area contributed by atoms with Gasteiger partial charge in [0.15, 0.2) is 11.5 Å². The van der Waals surface area contributed by atoms with Gasteiger partial charge in [0.25, 0.3) is 5.91 Å². The zero-order valence-corrected chi connectivity index (χ0v) is 18.8. The van der Waals surface area contributed by atoms with E-state index < -0.39 is 5.91 Å². The van der Waals surface area contributed by atoms with Crippen LogP contribution >= 0.6 is 0 Å². The van der Waals surface area contributed by atoms with Crippen molar-refractivity contribution in [2.45, 2.75) is 20.1 Å². The Morgan fingerprint density at radius 1 is 1.03 bits per heavy atom. The molecule has 0 unspecified atom stereocenters. The first kappa shape index (κ1) is 22.7. The quantitative estimate of drug-likeness (QED) is 0.263. The fourth-order valence-corrected chi connectivity index (χ4v) is 3.57. The molecule has 34 heavy (non-hydrogen) atoms. The maximum atomic E-state index is 12.4. The van der Waals surface area contributed by atoms with Gasteiger partial charge in [0, 0.05) is 0 Å². The van der Waals surface area contributed by atoms with E-state index in [1.54, 1.807) is 30.3 Å². The van der Waals surface area contributed by atoms with Gasteiger partial charge in [0.2, 0.25) is 0 Å². The number of amides is 1. The number of hydrogen-bond donors (Lipinski definition) is 1. The van der Waals surface area contributed by atoms with Crippen molar-refractivity contribution in [1.29, 1.82) is 5.26 Å². The Hall–Kier alpha value is -4.50. The number of nitrogens with one attached hydrogen (secondary N) is 1. The molecule has 0 aliphatic rings. The maximum Gasteiger partial charge on any atom is 0.262 e. The minimum absolute atomic E-state index is 0.0153. The van der Waals surface area contributed by atoms with Gasteiger partial charge in [-0.15, -0.1) is 0 Å². The molecule has 6 heteroatoms. The van der Waals surface area contributed by atoms with Crippen molar-refractivity contribution in [1.82, 2.24) is 5.32 Å². The van der Waals surface area contributed by atoms with Crippen LogP contribution in [0.15, 0.2) is 89.0 Å². The van der Waals surface area contributed by atoms with Crippen LogP contribution in [0.25, 0.3) is 16.8 Å². The molecule has 0 bridgehead atoms. The van der Waals surface area contributed by atoms with E-state index >= 15 is 0 Å². The van der Waals surface area contributed by atoms with Gasteiger partial charge in [-0.2, -0.15) is 5.26 Å². The summed E-state index contributed by atoms with van der Waals surface area (Å²) in [7, 11) is 0. The average molecular weight is 453 g/mol. The molecule has 0 atom stereocenters. The molecule has 0 radical (unpaired) electrons. The molecule has 1 heterocycles. The fourth-order valence-electron chi connectivity index (χ4n) is 3.57. The minimum atomic E-state index is -0.479. The Morgan fingerprint density at radius 2 is 1.88 bits per heavy atom. The molecule has 3 aromatic carbocycles. The van der Waals surface area contributed by atoms with Gasteiger partial charge in [0.05, 0.1) is 19.4 Å². The molecule has 4 rings (SSSR count). The van der Waals surface area contributed by atoms with E-state index in [9.17, 15) is 10.1 Å². The third kappa shape index (κ3) is 5.45. The van der Waals surface area contributed by atoms with E-state index in [0.29, 0.717) is 36.0 Å². The van der Waals surface area contributed by atoms with Gasteiger partial charge in [-0.1, -0.05) is 48.5 Å². The standard InChI is InChI=1S/C28H24N2O4/c1-2-32-27-16-20(15-23(17-29)28(31)30-18-24-10-6-14-33-24)12-13-26(27)34-19-22-9-5-8-21-7-3-4-11-25(21)22/h3-16H,2,18-19H2,1H3,(H,30,31)/b23-15+. The molecule has 1 amide bonds. The first-order chi connectivity index (χ1) is 16.7. The maximum absolute atomic E-state index is 12.4. The van der Waals surface area contributed by atoms with Crippen LogP contribution in [0.5, 0.6) is 11.5 Å². The van der Waals surface area contributed by atoms with Crippen molar-refractivity contribution in [2.24, 2.45) is 0 Å². The SMILES string of the molecule is CCOc1cc(/C=C(\C#N)C(=O)NCc2ccco2)ccc1OCc1cccc2ccccc12. The first-order valence-corrected chi connectivity index (χ1v) is 11.0. The van der Waals surface area contributed by atoms with Gasteiger partial charge < -0.3 is 19.2 Å². The average Bonchev–Trinajstić information content (AvgIpc) is 3.39. The van der Waals surface area contributed by atoms with Crippen molar-refractivity contribution in [3.05, 3.63) is 102 Å². The van der Waals surface area contributed by atoms with E-state index in [1.807, 2.05) is 37.3 Å². The number of nitriles is 1. The fraction of sp³-hybridized carbons (Fsp3) is 0.143. The summed E-state index contributed by atoms with van der Waals surface area (Å²) in [5.41, 5.74) is 1.72. The summed E-state index contributed by atoms with van der Waals surface area (Å²) in [6.45, 7) is 2.93. The molecule has 0 saturated heterocycles. The third-order valence-corrected chi connectivity index (χ3v) is 5.21. The molecule has 0 fully saturated rings. The molecule has 0 aliphatic carbocycles. The summed E-state index contributed by atoms with van der Waals surface area (Å²) in [4.78, 5) is 12.4. The number of ether oxygens (including phenoxy) is 2. The van der Waals surface area contributed by atoms with Crippen LogP contribution < -0.4 is 14.8 Å². The number of carbonyl (C=O) groups is 1. The summed E-state index contributed by atoms with van der Waals surface area (Å²) in [5.74, 6) is 1.27. The van der Waals surface area contributed by atoms with Crippen LogP contribution in [0.3, 0.4) is 0 Å². The highest BCUT2D eigenvalue weighted by atomic mass is 16.5. The molecular formula is C28H24N2O4. The summed E-state index contributed by atoms with van der Waals surface area (Å²) >= 11 is 0. The summed E-state index contributed by atoms with van der Waals surface area (Å²) < 4.78 is 17.1. The van der Waals surface area contributed by atoms with E-state index in [2.05, 4.69) is 23.5 Å². The van der Waals surface area contributed by atoms with Crippen LogP contribution in [0.1, 0.15) is 23.8 Å². The summed E-state index contributed by atoms with van der Waals surface area (Å²) in [6, 6.07) is 25.1. The molecule has 0 saturated carbocycles. The number of carbonyl (C=O) groups excluding carboxylic acids is 1. The lowest BCUT2D eigenvalue weighted by atomic mass is 10.1. The first-order valence-electron chi connectivity index (χ1n) is 11.0. The van der Waals surface area contributed by atoms with Crippen LogP contribution in [-0.4, -0.2) is 12.5 Å². The Kier molecular flexibility index (Phi) is 7.26. The molecule has 170 valence electrons. The van der Waals surface area contributed by atoms with Crippen molar-refractivity contribution in [3.63, 3.8) is 0 Å². The summed E-state index contributed by atoms with van der Waals surface area (Å²) in [6.07, 6.45) is 3.05. The normalized spacial score (nSPS) is 11.1. The number of furan rings is 1. The molecular weight excluding hydrogens is 428 g/mol. The Balaban J connectivity index is 1.51. The smallest absolute Gasteiger partial charge is 0.262 e. The number of rotatable bonds is 9. The molecule has 4 aromatic rings. The Labute approximate surface area is 198 Å². The van der Waals surface area contributed by atoms with Gasteiger partial charge in [-0.05, 0) is 59.2 Å².